The Hall–Kier alpha value is -0.670. The first-order valence-electron chi connectivity index (χ1n) is 5.59. The van der Waals surface area contributed by atoms with Gasteiger partial charge in [0.2, 0.25) is 0 Å². The zero-order chi connectivity index (χ0) is 10.9. The minimum Gasteiger partial charge on any atom is -0.375 e. The summed E-state index contributed by atoms with van der Waals surface area (Å²) in [5.74, 6) is 0.152. The van der Waals surface area contributed by atoms with Crippen LogP contribution in [-0.4, -0.2) is 30.2 Å². The van der Waals surface area contributed by atoms with E-state index in [1.165, 1.54) is 0 Å². The minimum atomic E-state index is -0.301. The average Bonchev–Trinajstić information content (AvgIpc) is 2.20. The Morgan fingerprint density at radius 3 is 3.20 bits per heavy atom. The summed E-state index contributed by atoms with van der Waals surface area (Å²) < 4.78 is 11.5. The fourth-order valence-corrected chi connectivity index (χ4v) is 2.43. The van der Waals surface area contributed by atoms with Crippen molar-refractivity contribution >= 4 is 5.78 Å². The zero-order valence-corrected chi connectivity index (χ0v) is 9.20. The summed E-state index contributed by atoms with van der Waals surface area (Å²) in [5.41, 5.74) is -0.264. The van der Waals surface area contributed by atoms with Crippen molar-refractivity contribution in [3.8, 4) is 0 Å². The highest BCUT2D eigenvalue weighted by Gasteiger charge is 2.46. The Morgan fingerprint density at radius 2 is 2.47 bits per heavy atom. The number of rotatable bonds is 2. The maximum atomic E-state index is 11.7. The van der Waals surface area contributed by atoms with E-state index in [9.17, 15) is 4.79 Å². The number of fused-ring (bicyclic) bond motifs is 1. The molecule has 2 aliphatic rings. The Bertz CT molecular complexity index is 274. The number of Topliss-reactive ketones (excluding diaryl/α,β-unsaturated/α-hetero) is 1. The predicted octanol–water partition coefficient (Wildman–Crippen LogP) is 1.86. The van der Waals surface area contributed by atoms with E-state index in [4.69, 9.17) is 9.47 Å². The van der Waals surface area contributed by atoms with Gasteiger partial charge in [0, 0.05) is 13.0 Å². The molecule has 0 N–H and O–H groups in total. The Labute approximate surface area is 90.4 Å². The van der Waals surface area contributed by atoms with Gasteiger partial charge >= 0.3 is 0 Å². The Balaban J connectivity index is 2.11. The van der Waals surface area contributed by atoms with Crippen molar-refractivity contribution in [1.82, 2.24) is 0 Å². The summed E-state index contributed by atoms with van der Waals surface area (Å²) in [6.07, 6.45) is 4.51. The normalized spacial score (nSPS) is 41.0. The van der Waals surface area contributed by atoms with Crippen LogP contribution in [0.4, 0.5) is 0 Å². The topological polar surface area (TPSA) is 35.5 Å². The smallest absolute Gasteiger partial charge is 0.164 e. The van der Waals surface area contributed by atoms with Gasteiger partial charge in [0.1, 0.15) is 6.10 Å². The van der Waals surface area contributed by atoms with Crippen LogP contribution in [-0.2, 0) is 14.3 Å². The first kappa shape index (κ1) is 10.8. The van der Waals surface area contributed by atoms with Crippen LogP contribution in [0.1, 0.15) is 32.6 Å². The molecule has 0 amide bonds. The molecule has 15 heavy (non-hydrogen) atoms. The molecule has 0 aromatic rings. The summed E-state index contributed by atoms with van der Waals surface area (Å²) in [6.45, 7) is 6.46. The molecule has 2 rings (SSSR count). The summed E-state index contributed by atoms with van der Waals surface area (Å²) in [6, 6.07) is 0. The third-order valence-corrected chi connectivity index (χ3v) is 3.36. The van der Waals surface area contributed by atoms with E-state index >= 15 is 0 Å². The zero-order valence-electron chi connectivity index (χ0n) is 9.20. The van der Waals surface area contributed by atoms with Gasteiger partial charge in [-0.3, -0.25) is 4.79 Å². The first-order valence-corrected chi connectivity index (χ1v) is 5.59. The van der Waals surface area contributed by atoms with Crippen molar-refractivity contribution in [2.75, 3.05) is 6.61 Å². The lowest BCUT2D eigenvalue weighted by atomic mass is 9.83. The molecule has 2 fully saturated rings. The van der Waals surface area contributed by atoms with Crippen LogP contribution >= 0.6 is 0 Å². The van der Waals surface area contributed by atoms with Crippen LogP contribution < -0.4 is 0 Å². The summed E-state index contributed by atoms with van der Waals surface area (Å²) in [7, 11) is 0. The van der Waals surface area contributed by atoms with Crippen molar-refractivity contribution in [2.45, 2.75) is 50.4 Å². The molecule has 0 aromatic heterocycles. The first-order chi connectivity index (χ1) is 7.15. The fourth-order valence-electron chi connectivity index (χ4n) is 2.43. The number of hydrogen-bond acceptors (Lipinski definition) is 3. The van der Waals surface area contributed by atoms with Crippen molar-refractivity contribution in [1.29, 1.82) is 0 Å². The molecule has 0 aromatic carbocycles. The van der Waals surface area contributed by atoms with Crippen LogP contribution in [0.15, 0.2) is 12.7 Å². The van der Waals surface area contributed by atoms with Gasteiger partial charge < -0.3 is 9.47 Å². The van der Waals surface area contributed by atoms with Gasteiger partial charge in [0.25, 0.3) is 0 Å². The number of hydrogen-bond donors (Lipinski definition) is 0. The lowest BCUT2D eigenvalue weighted by molar-refractivity contribution is -0.214. The van der Waals surface area contributed by atoms with E-state index in [0.29, 0.717) is 12.8 Å². The quantitative estimate of drug-likeness (QED) is 0.653. The molecule has 2 aliphatic heterocycles. The highest BCUT2D eigenvalue weighted by Crippen LogP contribution is 2.37. The molecular formula is C12H18O3. The van der Waals surface area contributed by atoms with Crippen LogP contribution in [0.3, 0.4) is 0 Å². The average molecular weight is 210 g/mol. The molecule has 0 saturated carbocycles. The molecule has 0 aliphatic carbocycles. The molecule has 3 nitrogen and oxygen atoms in total. The molecule has 0 spiro atoms. The third kappa shape index (κ3) is 1.99. The van der Waals surface area contributed by atoms with E-state index in [1.807, 2.05) is 0 Å². The SMILES string of the molecule is C=CC[C@H]1O[C@]2(C)CCCO[C@H]2CC1=O. The number of ether oxygens (including phenoxy) is 2. The lowest BCUT2D eigenvalue weighted by Crippen LogP contribution is -2.56. The maximum Gasteiger partial charge on any atom is 0.164 e. The van der Waals surface area contributed by atoms with Gasteiger partial charge in [-0.2, -0.15) is 0 Å². The summed E-state index contributed by atoms with van der Waals surface area (Å²) in [4.78, 5) is 11.7. The van der Waals surface area contributed by atoms with Crippen LogP contribution in [0.25, 0.3) is 0 Å². The Kier molecular flexibility index (Phi) is 2.94. The van der Waals surface area contributed by atoms with Crippen molar-refractivity contribution < 1.29 is 14.3 Å². The number of carbonyl (C=O) groups is 1. The van der Waals surface area contributed by atoms with Gasteiger partial charge in [-0.15, -0.1) is 6.58 Å². The summed E-state index contributed by atoms with van der Waals surface area (Å²) in [5, 5.41) is 0. The molecule has 3 atom stereocenters. The molecule has 3 heteroatoms. The fraction of sp³-hybridized carbons (Fsp3) is 0.750. The summed E-state index contributed by atoms with van der Waals surface area (Å²) >= 11 is 0. The van der Waals surface area contributed by atoms with E-state index in [1.54, 1.807) is 6.08 Å². The third-order valence-electron chi connectivity index (χ3n) is 3.36. The van der Waals surface area contributed by atoms with Gasteiger partial charge in [-0.05, 0) is 26.2 Å². The highest BCUT2D eigenvalue weighted by atomic mass is 16.6. The van der Waals surface area contributed by atoms with E-state index < -0.39 is 0 Å². The molecule has 0 unspecified atom stereocenters. The Morgan fingerprint density at radius 1 is 1.67 bits per heavy atom. The molecule has 2 heterocycles. The second kappa shape index (κ2) is 4.06. The highest BCUT2D eigenvalue weighted by molar-refractivity contribution is 5.84. The molecule has 2 saturated heterocycles. The van der Waals surface area contributed by atoms with Crippen molar-refractivity contribution in [3.63, 3.8) is 0 Å². The minimum absolute atomic E-state index is 0.0418. The van der Waals surface area contributed by atoms with Gasteiger partial charge in [0.05, 0.1) is 11.7 Å². The molecular weight excluding hydrogens is 192 g/mol. The molecule has 0 bridgehead atoms. The predicted molar refractivity (Wildman–Crippen MR) is 56.7 cm³/mol. The second-order valence-electron chi connectivity index (χ2n) is 4.58. The van der Waals surface area contributed by atoms with Crippen LogP contribution in [0, 0.1) is 0 Å². The van der Waals surface area contributed by atoms with Gasteiger partial charge in [0.15, 0.2) is 5.78 Å². The van der Waals surface area contributed by atoms with E-state index in [2.05, 4.69) is 13.5 Å². The van der Waals surface area contributed by atoms with Crippen molar-refractivity contribution in [3.05, 3.63) is 12.7 Å². The van der Waals surface area contributed by atoms with Crippen molar-refractivity contribution in [2.24, 2.45) is 0 Å². The number of ketones is 1. The van der Waals surface area contributed by atoms with E-state index in [-0.39, 0.29) is 23.6 Å². The van der Waals surface area contributed by atoms with Gasteiger partial charge in [-0.25, -0.2) is 0 Å². The van der Waals surface area contributed by atoms with E-state index in [0.717, 1.165) is 19.4 Å². The largest absolute Gasteiger partial charge is 0.375 e. The molecule has 0 radical (unpaired) electrons. The monoisotopic (exact) mass is 210 g/mol. The van der Waals surface area contributed by atoms with Crippen LogP contribution in [0.5, 0.6) is 0 Å². The number of carbonyl (C=O) groups excluding carboxylic acids is 1. The lowest BCUT2D eigenvalue weighted by Gasteiger charge is -2.46. The van der Waals surface area contributed by atoms with Gasteiger partial charge in [-0.1, -0.05) is 6.08 Å². The standard InChI is InChI=1S/C12H18O3/c1-3-5-10-9(13)8-11-12(2,15-10)6-4-7-14-11/h3,10-11H,1,4-8H2,2H3/t10-,11+,12-/m1/s1. The maximum absolute atomic E-state index is 11.7. The van der Waals surface area contributed by atoms with Crippen LogP contribution in [0.2, 0.25) is 0 Å². The second-order valence-corrected chi connectivity index (χ2v) is 4.58. The molecule has 84 valence electrons.